The minimum Gasteiger partial charge on any atom is -0.497 e. The monoisotopic (exact) mass is 409 g/mol. The normalized spacial score (nSPS) is 18.3. The Hall–Kier alpha value is -3.35. The van der Waals surface area contributed by atoms with Crippen LogP contribution in [-0.2, 0) is 21.5 Å². The molecule has 1 saturated heterocycles. The van der Waals surface area contributed by atoms with Crippen LogP contribution in [0.5, 0.6) is 5.75 Å². The molecule has 1 heterocycles. The summed E-state index contributed by atoms with van der Waals surface area (Å²) in [5, 5.41) is 5.66. The highest BCUT2D eigenvalue weighted by molar-refractivity contribution is 6.10. The molecule has 0 aromatic heterocycles. The number of hydrogen-bond acceptors (Lipinski definition) is 4. The minimum atomic E-state index is -1.19. The van der Waals surface area contributed by atoms with Crippen LogP contribution in [-0.4, -0.2) is 36.4 Å². The van der Waals surface area contributed by atoms with Crippen molar-refractivity contribution in [2.75, 3.05) is 19.0 Å². The van der Waals surface area contributed by atoms with Crippen molar-refractivity contribution in [2.24, 2.45) is 0 Å². The number of ether oxygens (including phenoxy) is 1. The van der Waals surface area contributed by atoms with E-state index in [4.69, 9.17) is 4.74 Å². The van der Waals surface area contributed by atoms with Gasteiger partial charge in [-0.1, -0.05) is 44.2 Å². The molecule has 158 valence electrons. The Morgan fingerprint density at radius 2 is 1.83 bits per heavy atom. The zero-order chi connectivity index (χ0) is 21.9. The Labute approximate surface area is 176 Å². The van der Waals surface area contributed by atoms with E-state index in [9.17, 15) is 14.4 Å². The van der Waals surface area contributed by atoms with E-state index in [0.29, 0.717) is 17.7 Å². The Kier molecular flexibility index (Phi) is 6.10. The van der Waals surface area contributed by atoms with Crippen LogP contribution in [0.3, 0.4) is 0 Å². The summed E-state index contributed by atoms with van der Waals surface area (Å²) in [7, 11) is 1.56. The minimum absolute atomic E-state index is 0.347. The van der Waals surface area contributed by atoms with Crippen molar-refractivity contribution in [3.05, 3.63) is 59.2 Å². The molecule has 2 aromatic rings. The highest BCUT2D eigenvalue weighted by Gasteiger charge is 2.51. The number of aryl methyl sites for hydroxylation is 2. The van der Waals surface area contributed by atoms with Gasteiger partial charge in [-0.25, -0.2) is 4.79 Å². The van der Waals surface area contributed by atoms with Gasteiger partial charge < -0.3 is 15.4 Å². The van der Waals surface area contributed by atoms with Crippen molar-refractivity contribution < 1.29 is 19.1 Å². The van der Waals surface area contributed by atoms with Crippen molar-refractivity contribution in [3.63, 3.8) is 0 Å². The fraction of sp³-hybridized carbons (Fsp3) is 0.348. The lowest BCUT2D eigenvalue weighted by molar-refractivity contribution is -0.134. The summed E-state index contributed by atoms with van der Waals surface area (Å²) in [6.45, 7) is 5.40. The third-order valence-corrected chi connectivity index (χ3v) is 5.59. The average molecular weight is 409 g/mol. The summed E-state index contributed by atoms with van der Waals surface area (Å²) >= 11 is 0. The SMILES string of the molecule is CCc1cccc(C)c1NC(=O)CN1C(=O)N[C@](CC)(c2ccc(OC)cc2)C1=O. The van der Waals surface area contributed by atoms with Crippen LogP contribution in [0.4, 0.5) is 10.5 Å². The molecule has 2 aromatic carbocycles. The summed E-state index contributed by atoms with van der Waals surface area (Å²) in [5.74, 6) is -0.192. The van der Waals surface area contributed by atoms with E-state index >= 15 is 0 Å². The highest BCUT2D eigenvalue weighted by atomic mass is 16.5. The Bertz CT molecular complexity index is 971. The summed E-state index contributed by atoms with van der Waals surface area (Å²) in [6.07, 6.45) is 1.12. The molecule has 0 saturated carbocycles. The number of carbonyl (C=O) groups is 3. The van der Waals surface area contributed by atoms with Crippen LogP contribution < -0.4 is 15.4 Å². The zero-order valence-corrected chi connectivity index (χ0v) is 17.7. The third-order valence-electron chi connectivity index (χ3n) is 5.59. The van der Waals surface area contributed by atoms with Crippen molar-refractivity contribution in [1.82, 2.24) is 10.2 Å². The lowest BCUT2D eigenvalue weighted by Gasteiger charge is -2.26. The van der Waals surface area contributed by atoms with Gasteiger partial charge in [-0.05, 0) is 48.6 Å². The molecule has 1 aliphatic rings. The number of nitrogens with zero attached hydrogens (tertiary/aromatic N) is 1. The smallest absolute Gasteiger partial charge is 0.325 e. The first-order valence-electron chi connectivity index (χ1n) is 10.0. The second kappa shape index (κ2) is 8.57. The number of urea groups is 1. The molecular formula is C23H27N3O4. The number of benzene rings is 2. The van der Waals surface area contributed by atoms with Gasteiger partial charge in [0.1, 0.15) is 17.8 Å². The van der Waals surface area contributed by atoms with E-state index in [2.05, 4.69) is 10.6 Å². The van der Waals surface area contributed by atoms with Crippen LogP contribution in [0, 0.1) is 6.92 Å². The number of anilines is 1. The van der Waals surface area contributed by atoms with Crippen molar-refractivity contribution in [2.45, 2.75) is 39.2 Å². The van der Waals surface area contributed by atoms with Gasteiger partial charge in [0.25, 0.3) is 5.91 Å². The Balaban J connectivity index is 1.81. The van der Waals surface area contributed by atoms with Gasteiger partial charge in [0.2, 0.25) is 5.91 Å². The van der Waals surface area contributed by atoms with Crippen LogP contribution in [0.25, 0.3) is 0 Å². The maximum atomic E-state index is 13.2. The number of methoxy groups -OCH3 is 1. The number of rotatable bonds is 7. The summed E-state index contributed by atoms with van der Waals surface area (Å²) in [4.78, 5) is 39.5. The first-order chi connectivity index (χ1) is 14.4. The Morgan fingerprint density at radius 1 is 1.13 bits per heavy atom. The molecule has 0 bridgehead atoms. The molecule has 7 nitrogen and oxygen atoms in total. The molecule has 3 rings (SSSR count). The van der Waals surface area contributed by atoms with Crippen molar-refractivity contribution >= 4 is 23.5 Å². The first kappa shape index (κ1) is 21.4. The molecule has 30 heavy (non-hydrogen) atoms. The molecule has 0 unspecified atom stereocenters. The van der Waals surface area contributed by atoms with Crippen LogP contribution in [0.2, 0.25) is 0 Å². The molecular weight excluding hydrogens is 382 g/mol. The molecule has 4 amide bonds. The predicted molar refractivity (Wildman–Crippen MR) is 114 cm³/mol. The van der Waals surface area contributed by atoms with Gasteiger partial charge in [0.15, 0.2) is 0 Å². The fourth-order valence-electron chi connectivity index (χ4n) is 3.81. The van der Waals surface area contributed by atoms with Crippen molar-refractivity contribution in [3.8, 4) is 5.75 Å². The quantitative estimate of drug-likeness (QED) is 0.687. The van der Waals surface area contributed by atoms with Gasteiger partial charge in [-0.3, -0.25) is 14.5 Å². The number of nitrogens with one attached hydrogen (secondary N) is 2. The molecule has 7 heteroatoms. The number of carbonyl (C=O) groups excluding carboxylic acids is 3. The third kappa shape index (κ3) is 3.75. The van der Waals surface area contributed by atoms with Gasteiger partial charge in [-0.15, -0.1) is 0 Å². The highest BCUT2D eigenvalue weighted by Crippen LogP contribution is 2.33. The fourth-order valence-corrected chi connectivity index (χ4v) is 3.81. The van der Waals surface area contributed by atoms with Crippen LogP contribution in [0.1, 0.15) is 37.0 Å². The standard InChI is InChI=1S/C23H27N3O4/c1-5-16-9-7-8-15(3)20(16)24-19(27)14-26-21(28)23(6-2,25-22(26)29)17-10-12-18(30-4)13-11-17/h7-13H,5-6,14H2,1-4H3,(H,24,27)(H,25,29)/t23-/m1/s1. The second-order valence-electron chi connectivity index (χ2n) is 7.32. The van der Waals surface area contributed by atoms with E-state index in [1.807, 2.05) is 39.0 Å². The van der Waals surface area contributed by atoms with E-state index in [1.165, 1.54) is 0 Å². The van der Waals surface area contributed by atoms with E-state index < -0.39 is 23.4 Å². The molecule has 1 fully saturated rings. The summed E-state index contributed by atoms with van der Waals surface area (Å²) in [5.41, 5.74) is 2.12. The Morgan fingerprint density at radius 3 is 2.43 bits per heavy atom. The van der Waals surface area contributed by atoms with Gasteiger partial charge >= 0.3 is 6.03 Å². The van der Waals surface area contributed by atoms with E-state index in [-0.39, 0.29) is 6.54 Å². The van der Waals surface area contributed by atoms with E-state index in [1.54, 1.807) is 31.4 Å². The van der Waals surface area contributed by atoms with Gasteiger partial charge in [0, 0.05) is 5.69 Å². The molecule has 0 aliphatic carbocycles. The molecule has 2 N–H and O–H groups in total. The molecule has 1 atom stereocenters. The zero-order valence-electron chi connectivity index (χ0n) is 17.7. The van der Waals surface area contributed by atoms with E-state index in [0.717, 1.165) is 28.1 Å². The summed E-state index contributed by atoms with van der Waals surface area (Å²) in [6, 6.07) is 12.2. The number of hydrogen-bond donors (Lipinski definition) is 2. The average Bonchev–Trinajstić information content (AvgIpc) is 3.00. The molecule has 1 aliphatic heterocycles. The lowest BCUT2D eigenvalue weighted by atomic mass is 9.87. The van der Waals surface area contributed by atoms with Gasteiger partial charge in [0.05, 0.1) is 7.11 Å². The lowest BCUT2D eigenvalue weighted by Crippen LogP contribution is -2.44. The van der Waals surface area contributed by atoms with Crippen LogP contribution >= 0.6 is 0 Å². The topological polar surface area (TPSA) is 87.7 Å². The number of imide groups is 1. The maximum absolute atomic E-state index is 13.2. The van der Waals surface area contributed by atoms with Crippen LogP contribution in [0.15, 0.2) is 42.5 Å². The number of amides is 4. The molecule has 0 radical (unpaired) electrons. The van der Waals surface area contributed by atoms with Gasteiger partial charge in [-0.2, -0.15) is 0 Å². The second-order valence-corrected chi connectivity index (χ2v) is 7.32. The predicted octanol–water partition coefficient (Wildman–Crippen LogP) is 3.36. The van der Waals surface area contributed by atoms with Crippen molar-refractivity contribution in [1.29, 1.82) is 0 Å². The largest absolute Gasteiger partial charge is 0.497 e. The maximum Gasteiger partial charge on any atom is 0.325 e. The summed E-state index contributed by atoms with van der Waals surface area (Å²) < 4.78 is 5.17. The molecule has 0 spiro atoms. The number of para-hydroxylation sites is 1. The first-order valence-corrected chi connectivity index (χ1v) is 10.0.